The second kappa shape index (κ2) is 18.9. The largest absolute Gasteiger partial charge is 0.443 e. The summed E-state index contributed by atoms with van der Waals surface area (Å²) < 4.78 is 21.7. The third-order valence-corrected chi connectivity index (χ3v) is 7.22. The SMILES string of the molecule is C[C@H](C[C@H](C)N(NC(=O)OCc1ccccc1)C(=O)OCc1ccccc1)N(NC(=O)OCc1ccccc1)C(=O)OCc1ccccc1. The van der Waals surface area contributed by atoms with Gasteiger partial charge in [-0.25, -0.2) is 40.0 Å². The normalized spacial score (nSPS) is 11.6. The highest BCUT2D eigenvalue weighted by molar-refractivity contribution is 5.75. The lowest BCUT2D eigenvalue weighted by Crippen LogP contribution is -2.56. The van der Waals surface area contributed by atoms with Crippen LogP contribution < -0.4 is 10.9 Å². The summed E-state index contributed by atoms with van der Waals surface area (Å²) in [5, 5.41) is 1.99. The minimum absolute atomic E-state index is 0.0274. The molecule has 0 fully saturated rings. The number of carbonyl (C=O) groups is 4. The third-order valence-electron chi connectivity index (χ3n) is 7.22. The van der Waals surface area contributed by atoms with Crippen molar-refractivity contribution in [2.45, 2.75) is 58.8 Å². The molecule has 0 saturated carbocycles. The van der Waals surface area contributed by atoms with E-state index in [9.17, 15) is 19.2 Å². The van der Waals surface area contributed by atoms with Crippen molar-refractivity contribution in [2.24, 2.45) is 0 Å². The molecule has 0 aliphatic rings. The zero-order valence-electron chi connectivity index (χ0n) is 27.4. The molecule has 4 aromatic carbocycles. The van der Waals surface area contributed by atoms with Gasteiger partial charge >= 0.3 is 24.4 Å². The third kappa shape index (κ3) is 12.2. The van der Waals surface area contributed by atoms with Crippen LogP contribution in [0.1, 0.15) is 42.5 Å². The van der Waals surface area contributed by atoms with E-state index in [4.69, 9.17) is 18.9 Å². The Morgan fingerprint density at radius 3 is 1.02 bits per heavy atom. The van der Waals surface area contributed by atoms with E-state index in [-0.39, 0.29) is 32.8 Å². The van der Waals surface area contributed by atoms with Crippen LogP contribution in [0.4, 0.5) is 19.2 Å². The maximum absolute atomic E-state index is 13.3. The zero-order valence-corrected chi connectivity index (χ0v) is 27.4. The molecule has 0 aromatic heterocycles. The zero-order chi connectivity index (χ0) is 34.8. The second-order valence-electron chi connectivity index (χ2n) is 11.1. The maximum Gasteiger partial charge on any atom is 0.429 e. The first-order valence-corrected chi connectivity index (χ1v) is 15.7. The topological polar surface area (TPSA) is 136 Å². The maximum atomic E-state index is 13.3. The van der Waals surface area contributed by atoms with Crippen molar-refractivity contribution < 1.29 is 38.1 Å². The summed E-state index contributed by atoms with van der Waals surface area (Å²) in [6, 6.07) is 34.7. The number of nitrogens with zero attached hydrogens (tertiary/aromatic N) is 2. The minimum Gasteiger partial charge on any atom is -0.443 e. The minimum atomic E-state index is -0.887. The molecular formula is C37H40N4O8. The highest BCUT2D eigenvalue weighted by atomic mass is 16.6. The number of nitrogens with one attached hydrogen (secondary N) is 2. The Labute approximate surface area is 285 Å². The molecule has 4 amide bonds. The van der Waals surface area contributed by atoms with Crippen molar-refractivity contribution in [1.29, 1.82) is 0 Å². The molecule has 4 aromatic rings. The number of hydrogen-bond acceptors (Lipinski definition) is 8. The predicted molar refractivity (Wildman–Crippen MR) is 180 cm³/mol. The molecule has 12 heteroatoms. The molecule has 0 aliphatic carbocycles. The molecule has 2 atom stereocenters. The molecule has 0 heterocycles. The number of hydrazine groups is 2. The fourth-order valence-corrected chi connectivity index (χ4v) is 4.66. The van der Waals surface area contributed by atoms with Crippen molar-refractivity contribution in [3.63, 3.8) is 0 Å². The van der Waals surface area contributed by atoms with Gasteiger partial charge in [0.2, 0.25) is 0 Å². The van der Waals surface area contributed by atoms with E-state index in [1.54, 1.807) is 62.4 Å². The van der Waals surface area contributed by atoms with Crippen LogP contribution in [0.5, 0.6) is 0 Å². The van der Waals surface area contributed by atoms with Crippen molar-refractivity contribution in [3.05, 3.63) is 144 Å². The van der Waals surface area contributed by atoms with Gasteiger partial charge in [0.15, 0.2) is 0 Å². The smallest absolute Gasteiger partial charge is 0.429 e. The standard InChI is InChI=1S/C37H40N4O8/c1-28(40(36(44)48-26-32-19-11-5-12-20-32)38-34(42)46-24-30-15-7-3-8-16-30)23-29(2)41(37(45)49-27-33-21-13-6-14-22-33)39-35(43)47-25-31-17-9-4-10-18-31/h3-22,28-29H,23-27H2,1-2H3,(H,38,42)(H,39,43)/t28-,29+. The predicted octanol–water partition coefficient (Wildman–Crippen LogP) is 7.11. The van der Waals surface area contributed by atoms with Gasteiger partial charge in [-0.2, -0.15) is 0 Å². The van der Waals surface area contributed by atoms with Crippen LogP contribution in [0.3, 0.4) is 0 Å². The van der Waals surface area contributed by atoms with Gasteiger partial charge in [0, 0.05) is 0 Å². The van der Waals surface area contributed by atoms with E-state index in [0.717, 1.165) is 32.3 Å². The van der Waals surface area contributed by atoms with Crippen LogP contribution in [0, 0.1) is 0 Å². The first-order valence-electron chi connectivity index (χ1n) is 15.7. The molecule has 0 aliphatic heterocycles. The lowest BCUT2D eigenvalue weighted by molar-refractivity contribution is 0.0277. The van der Waals surface area contributed by atoms with Crippen molar-refractivity contribution in [1.82, 2.24) is 20.9 Å². The van der Waals surface area contributed by atoms with Gasteiger partial charge in [-0.3, -0.25) is 0 Å². The molecule has 0 spiro atoms. The molecule has 12 nitrogen and oxygen atoms in total. The average Bonchev–Trinajstić information content (AvgIpc) is 3.14. The molecule has 49 heavy (non-hydrogen) atoms. The second-order valence-corrected chi connectivity index (χ2v) is 11.1. The van der Waals surface area contributed by atoms with Crippen molar-refractivity contribution in [2.75, 3.05) is 0 Å². The summed E-state index contributed by atoms with van der Waals surface area (Å²) in [7, 11) is 0. The highest BCUT2D eigenvalue weighted by Crippen LogP contribution is 2.15. The van der Waals surface area contributed by atoms with Crippen LogP contribution in [0.15, 0.2) is 121 Å². The summed E-state index contributed by atoms with van der Waals surface area (Å²) in [5.74, 6) is 0. The molecule has 0 bridgehead atoms. The van der Waals surface area contributed by atoms with Gasteiger partial charge in [0.05, 0.1) is 12.1 Å². The quantitative estimate of drug-likeness (QED) is 0.120. The van der Waals surface area contributed by atoms with Crippen LogP contribution in [-0.4, -0.2) is 46.5 Å². The first-order chi connectivity index (χ1) is 23.8. The lowest BCUT2D eigenvalue weighted by Gasteiger charge is -2.33. The fourth-order valence-electron chi connectivity index (χ4n) is 4.66. The molecule has 4 rings (SSSR count). The Bertz CT molecular complexity index is 1490. The summed E-state index contributed by atoms with van der Waals surface area (Å²) in [6.07, 6.45) is -3.43. The van der Waals surface area contributed by atoms with Gasteiger partial charge in [-0.15, -0.1) is 0 Å². The van der Waals surface area contributed by atoms with Crippen molar-refractivity contribution >= 4 is 24.4 Å². The Kier molecular flexibility index (Phi) is 13.8. The molecular weight excluding hydrogens is 628 g/mol. The Balaban J connectivity index is 1.45. The number of amides is 4. The highest BCUT2D eigenvalue weighted by Gasteiger charge is 2.31. The molecule has 256 valence electrons. The van der Waals surface area contributed by atoms with E-state index in [1.807, 2.05) is 72.8 Å². The van der Waals surface area contributed by atoms with Crippen LogP contribution >= 0.6 is 0 Å². The Morgan fingerprint density at radius 1 is 0.469 bits per heavy atom. The number of rotatable bonds is 12. The molecule has 0 radical (unpaired) electrons. The summed E-state index contributed by atoms with van der Waals surface area (Å²) in [6.45, 7) is 3.15. The van der Waals surface area contributed by atoms with Gasteiger partial charge < -0.3 is 18.9 Å². The van der Waals surface area contributed by atoms with E-state index in [1.165, 1.54) is 0 Å². The van der Waals surface area contributed by atoms with Gasteiger partial charge in [-0.05, 0) is 42.5 Å². The average molecular weight is 669 g/mol. The lowest BCUT2D eigenvalue weighted by atomic mass is 10.1. The monoisotopic (exact) mass is 668 g/mol. The number of ether oxygens (including phenoxy) is 4. The molecule has 0 unspecified atom stereocenters. The van der Waals surface area contributed by atoms with E-state index < -0.39 is 36.5 Å². The van der Waals surface area contributed by atoms with E-state index in [2.05, 4.69) is 10.9 Å². The summed E-state index contributed by atoms with van der Waals surface area (Å²) >= 11 is 0. The van der Waals surface area contributed by atoms with Crippen molar-refractivity contribution in [3.8, 4) is 0 Å². The summed E-state index contributed by atoms with van der Waals surface area (Å²) in [5.41, 5.74) is 7.95. The van der Waals surface area contributed by atoms with Gasteiger partial charge in [-0.1, -0.05) is 121 Å². The molecule has 0 saturated heterocycles. The Morgan fingerprint density at radius 2 is 0.735 bits per heavy atom. The van der Waals surface area contributed by atoms with Crippen LogP contribution in [0.2, 0.25) is 0 Å². The first kappa shape index (κ1) is 35.8. The Hall–Kier alpha value is -6.04. The van der Waals surface area contributed by atoms with Gasteiger partial charge in [0.25, 0.3) is 0 Å². The molecule has 2 N–H and O–H groups in total. The van der Waals surface area contributed by atoms with E-state index in [0.29, 0.717) is 0 Å². The van der Waals surface area contributed by atoms with E-state index >= 15 is 0 Å². The summed E-state index contributed by atoms with van der Waals surface area (Å²) in [4.78, 5) is 52.4. The number of carbonyl (C=O) groups excluding carboxylic acids is 4. The van der Waals surface area contributed by atoms with Crippen LogP contribution in [-0.2, 0) is 45.4 Å². The van der Waals surface area contributed by atoms with Crippen LogP contribution in [0.25, 0.3) is 0 Å². The number of benzene rings is 4. The number of hydrogen-bond donors (Lipinski definition) is 2. The fraction of sp³-hybridized carbons (Fsp3) is 0.243. The van der Waals surface area contributed by atoms with Gasteiger partial charge in [0.1, 0.15) is 26.4 Å².